The van der Waals surface area contributed by atoms with E-state index in [1.54, 1.807) is 7.11 Å². The number of methoxy groups -OCH3 is 1. The average Bonchev–Trinajstić information content (AvgIpc) is 3.25. The van der Waals surface area contributed by atoms with Gasteiger partial charge in [-0.05, 0) is 55.6 Å². The number of aromatic nitrogens is 2. The Morgan fingerprint density at radius 3 is 2.64 bits per heavy atom. The van der Waals surface area contributed by atoms with Crippen LogP contribution in [0.15, 0.2) is 60.7 Å². The first kappa shape index (κ1) is 21.5. The Kier molecular flexibility index (Phi) is 6.05. The fraction of sp³-hybridized carbons (Fsp3) is 0.385. The SMILES string of the molecule is COc1ccc(NC(=O)NC[C@H]2C[C@@H]3CCN2C[C@@H]3c2cc(-c3ccccc3)nn2C)cc1. The monoisotopic (exact) mass is 445 g/mol. The Labute approximate surface area is 194 Å². The van der Waals surface area contributed by atoms with Crippen molar-refractivity contribution in [3.8, 4) is 17.0 Å². The number of piperidine rings is 3. The first-order valence-corrected chi connectivity index (χ1v) is 11.6. The lowest BCUT2D eigenvalue weighted by Gasteiger charge is -2.49. The molecule has 7 heteroatoms. The Morgan fingerprint density at radius 2 is 1.94 bits per heavy atom. The molecule has 6 rings (SSSR count). The lowest BCUT2D eigenvalue weighted by Crippen LogP contribution is -2.56. The molecule has 2 aromatic carbocycles. The number of aryl methyl sites for hydroxylation is 1. The zero-order chi connectivity index (χ0) is 22.8. The average molecular weight is 446 g/mol. The molecule has 2 bridgehead atoms. The van der Waals surface area contributed by atoms with Gasteiger partial charge >= 0.3 is 6.03 Å². The van der Waals surface area contributed by atoms with E-state index in [4.69, 9.17) is 9.84 Å². The zero-order valence-electron chi connectivity index (χ0n) is 19.2. The van der Waals surface area contributed by atoms with Gasteiger partial charge in [-0.3, -0.25) is 9.58 Å². The van der Waals surface area contributed by atoms with Crippen molar-refractivity contribution in [2.45, 2.75) is 24.8 Å². The number of benzene rings is 2. The maximum Gasteiger partial charge on any atom is 0.319 e. The highest BCUT2D eigenvalue weighted by Crippen LogP contribution is 2.42. The molecule has 7 nitrogen and oxygen atoms in total. The van der Waals surface area contributed by atoms with E-state index in [0.29, 0.717) is 24.4 Å². The largest absolute Gasteiger partial charge is 0.497 e. The molecule has 33 heavy (non-hydrogen) atoms. The normalized spacial score (nSPS) is 23.8. The van der Waals surface area contributed by atoms with Gasteiger partial charge in [-0.1, -0.05) is 30.3 Å². The lowest BCUT2D eigenvalue weighted by molar-refractivity contribution is 0.0296. The predicted molar refractivity (Wildman–Crippen MR) is 129 cm³/mol. The number of fused-ring (bicyclic) bond motifs is 3. The predicted octanol–water partition coefficient (Wildman–Crippen LogP) is 4.10. The molecular weight excluding hydrogens is 414 g/mol. The van der Waals surface area contributed by atoms with Crippen LogP contribution in [-0.4, -0.2) is 53.5 Å². The first-order valence-electron chi connectivity index (χ1n) is 11.6. The third kappa shape index (κ3) is 4.59. The van der Waals surface area contributed by atoms with Crippen molar-refractivity contribution in [1.82, 2.24) is 20.0 Å². The molecular formula is C26H31N5O2. The van der Waals surface area contributed by atoms with Crippen LogP contribution >= 0.6 is 0 Å². The van der Waals surface area contributed by atoms with Crippen LogP contribution < -0.4 is 15.4 Å². The molecule has 2 N–H and O–H groups in total. The van der Waals surface area contributed by atoms with Crippen molar-refractivity contribution < 1.29 is 9.53 Å². The highest BCUT2D eigenvalue weighted by Gasteiger charge is 2.41. The van der Waals surface area contributed by atoms with E-state index in [9.17, 15) is 4.79 Å². The smallest absolute Gasteiger partial charge is 0.319 e. The number of hydrogen-bond acceptors (Lipinski definition) is 4. The molecule has 1 unspecified atom stereocenters. The summed E-state index contributed by atoms with van der Waals surface area (Å²) in [6.45, 7) is 2.77. The van der Waals surface area contributed by atoms with Gasteiger partial charge < -0.3 is 15.4 Å². The van der Waals surface area contributed by atoms with E-state index in [2.05, 4.69) is 57.6 Å². The van der Waals surface area contributed by atoms with Crippen LogP contribution in [0.4, 0.5) is 10.5 Å². The maximum absolute atomic E-state index is 12.4. The van der Waals surface area contributed by atoms with E-state index in [-0.39, 0.29) is 6.03 Å². The number of carbonyl (C=O) groups excluding carboxylic acids is 1. The van der Waals surface area contributed by atoms with Gasteiger partial charge in [0, 0.05) is 49.0 Å². The molecule has 4 heterocycles. The summed E-state index contributed by atoms with van der Waals surface area (Å²) in [5.74, 6) is 1.87. The van der Waals surface area contributed by atoms with Gasteiger partial charge in [0.1, 0.15) is 5.75 Å². The molecule has 3 fully saturated rings. The third-order valence-electron chi connectivity index (χ3n) is 7.09. The molecule has 1 aromatic heterocycles. The number of carbonyl (C=O) groups is 1. The standard InChI is InChI=1S/C26H31N5O2/c1-30-25(15-24(29-30)18-6-4-3-5-7-18)23-17-31-13-12-19(23)14-21(31)16-27-26(32)28-20-8-10-22(33-2)11-9-20/h3-11,15,19,21,23H,12-14,16-17H2,1-2H3,(H2,27,28,32)/t19-,21+,23-/m0/s1. The van der Waals surface area contributed by atoms with Crippen molar-refractivity contribution in [3.05, 3.63) is 66.4 Å². The van der Waals surface area contributed by atoms with Crippen molar-refractivity contribution >= 4 is 11.7 Å². The lowest BCUT2D eigenvalue weighted by atomic mass is 9.74. The Balaban J connectivity index is 1.19. The molecule has 0 spiro atoms. The molecule has 4 atom stereocenters. The number of rotatable bonds is 6. The molecule has 0 radical (unpaired) electrons. The van der Waals surface area contributed by atoms with E-state index in [1.165, 1.54) is 12.1 Å². The van der Waals surface area contributed by atoms with Crippen LogP contribution in [0.3, 0.4) is 0 Å². The summed E-state index contributed by atoms with van der Waals surface area (Å²) in [5.41, 5.74) is 4.26. The molecule has 3 aliphatic heterocycles. The Morgan fingerprint density at radius 1 is 1.15 bits per heavy atom. The second-order valence-electron chi connectivity index (χ2n) is 9.05. The summed E-state index contributed by atoms with van der Waals surface area (Å²) in [6, 6.07) is 20.2. The molecule has 3 saturated heterocycles. The number of nitrogens with zero attached hydrogens (tertiary/aromatic N) is 3. The summed E-state index contributed by atoms with van der Waals surface area (Å²) in [7, 11) is 3.69. The molecule has 0 aliphatic carbocycles. The van der Waals surface area contributed by atoms with Gasteiger partial charge in [0.05, 0.1) is 12.8 Å². The second kappa shape index (κ2) is 9.27. The number of hydrogen-bond donors (Lipinski definition) is 2. The van der Waals surface area contributed by atoms with E-state index in [1.807, 2.05) is 30.3 Å². The Hall–Kier alpha value is -3.32. The number of amides is 2. The van der Waals surface area contributed by atoms with Gasteiger partial charge in [0.2, 0.25) is 0 Å². The van der Waals surface area contributed by atoms with Crippen LogP contribution in [0.2, 0.25) is 0 Å². The summed E-state index contributed by atoms with van der Waals surface area (Å²) in [5, 5.41) is 10.8. The summed E-state index contributed by atoms with van der Waals surface area (Å²) in [6.07, 6.45) is 2.30. The Bertz CT molecular complexity index is 1100. The number of anilines is 1. The summed E-state index contributed by atoms with van der Waals surface area (Å²) < 4.78 is 7.22. The topological polar surface area (TPSA) is 71.4 Å². The van der Waals surface area contributed by atoms with Crippen molar-refractivity contribution in [1.29, 1.82) is 0 Å². The quantitative estimate of drug-likeness (QED) is 0.599. The summed E-state index contributed by atoms with van der Waals surface area (Å²) in [4.78, 5) is 14.9. The number of urea groups is 1. The van der Waals surface area contributed by atoms with Gasteiger partial charge in [0.15, 0.2) is 0 Å². The van der Waals surface area contributed by atoms with Crippen LogP contribution in [0.5, 0.6) is 5.75 Å². The molecule has 2 amide bonds. The summed E-state index contributed by atoms with van der Waals surface area (Å²) >= 11 is 0. The van der Waals surface area contributed by atoms with Crippen molar-refractivity contribution in [3.63, 3.8) is 0 Å². The fourth-order valence-corrected chi connectivity index (χ4v) is 5.32. The number of nitrogens with one attached hydrogen (secondary N) is 2. The second-order valence-corrected chi connectivity index (χ2v) is 9.05. The number of ether oxygens (including phenoxy) is 1. The van der Waals surface area contributed by atoms with E-state index < -0.39 is 0 Å². The minimum absolute atomic E-state index is 0.168. The molecule has 3 aliphatic rings. The maximum atomic E-state index is 12.4. The minimum atomic E-state index is -0.168. The van der Waals surface area contributed by atoms with E-state index in [0.717, 1.165) is 42.2 Å². The zero-order valence-corrected chi connectivity index (χ0v) is 19.2. The van der Waals surface area contributed by atoms with E-state index >= 15 is 0 Å². The minimum Gasteiger partial charge on any atom is -0.497 e. The highest BCUT2D eigenvalue weighted by molar-refractivity contribution is 5.89. The van der Waals surface area contributed by atoms with Gasteiger partial charge in [-0.2, -0.15) is 5.10 Å². The highest BCUT2D eigenvalue weighted by atomic mass is 16.5. The molecule has 0 saturated carbocycles. The first-order chi connectivity index (χ1) is 16.1. The van der Waals surface area contributed by atoms with Gasteiger partial charge in [-0.15, -0.1) is 0 Å². The van der Waals surface area contributed by atoms with Crippen molar-refractivity contribution in [2.75, 3.05) is 32.1 Å². The molecule has 172 valence electrons. The van der Waals surface area contributed by atoms with Crippen LogP contribution in [-0.2, 0) is 7.05 Å². The van der Waals surface area contributed by atoms with Gasteiger partial charge in [-0.25, -0.2) is 4.79 Å². The fourth-order valence-electron chi connectivity index (χ4n) is 5.32. The van der Waals surface area contributed by atoms with Crippen LogP contribution in [0, 0.1) is 5.92 Å². The van der Waals surface area contributed by atoms with Crippen LogP contribution in [0.25, 0.3) is 11.3 Å². The van der Waals surface area contributed by atoms with Crippen molar-refractivity contribution in [2.24, 2.45) is 13.0 Å². The third-order valence-corrected chi connectivity index (χ3v) is 7.09. The molecule has 3 aromatic rings. The van der Waals surface area contributed by atoms with Crippen LogP contribution in [0.1, 0.15) is 24.5 Å². The van der Waals surface area contributed by atoms with Gasteiger partial charge in [0.25, 0.3) is 0 Å².